The first kappa shape index (κ1) is 60.4. The van der Waals surface area contributed by atoms with Crippen LogP contribution in [-0.4, -0.2) is 96.5 Å². The van der Waals surface area contributed by atoms with Crippen LogP contribution in [0.5, 0.6) is 0 Å². The molecule has 0 unspecified atom stereocenters. The van der Waals surface area contributed by atoms with Gasteiger partial charge in [0.25, 0.3) is 0 Å². The summed E-state index contributed by atoms with van der Waals surface area (Å²) >= 11 is 0. The Labute approximate surface area is 450 Å². The van der Waals surface area contributed by atoms with Crippen molar-refractivity contribution in [1.29, 1.82) is 0 Å². The first-order valence-electron chi connectivity index (χ1n) is 27.1. The Hall–Kier alpha value is -6.45. The van der Waals surface area contributed by atoms with Crippen LogP contribution in [0.2, 0.25) is 0 Å². The van der Waals surface area contributed by atoms with Crippen LogP contribution in [0.1, 0.15) is 169 Å². The fourth-order valence-electron chi connectivity index (χ4n) is 9.45. The Kier molecular flexibility index (Phi) is 21.1. The first-order valence-corrected chi connectivity index (χ1v) is 27.1. The van der Waals surface area contributed by atoms with Crippen LogP contribution in [0, 0.1) is 11.8 Å². The number of unbranched alkanes of at least 4 members (excludes halogenated alkanes) is 1. The van der Waals surface area contributed by atoms with E-state index >= 15 is 0 Å². The fourth-order valence-corrected chi connectivity index (χ4v) is 9.45. The number of carbonyl (C=O) groups excluding carboxylic acids is 7. The molecule has 0 saturated heterocycles. The summed E-state index contributed by atoms with van der Waals surface area (Å²) < 4.78 is 22.3. The highest BCUT2D eigenvalue weighted by molar-refractivity contribution is 5.89. The zero-order chi connectivity index (χ0) is 56.0. The zero-order valence-electron chi connectivity index (χ0n) is 47.1. The Morgan fingerprint density at radius 2 is 1.11 bits per heavy atom. The van der Waals surface area contributed by atoms with Crippen LogP contribution in [0.3, 0.4) is 0 Å². The molecule has 0 aromatic heterocycles. The van der Waals surface area contributed by atoms with Crippen molar-refractivity contribution in [2.45, 2.75) is 194 Å². The second kappa shape index (κ2) is 26.5. The summed E-state index contributed by atoms with van der Waals surface area (Å²) in [5.41, 5.74) is 4.09. The van der Waals surface area contributed by atoms with Crippen molar-refractivity contribution in [1.82, 2.24) is 26.6 Å². The molecule has 1 fully saturated rings. The Morgan fingerprint density at radius 1 is 0.579 bits per heavy atom. The topological polar surface area (TPSA) is 217 Å². The van der Waals surface area contributed by atoms with E-state index < -0.39 is 65.0 Å². The minimum Gasteiger partial charge on any atom is -0.460 e. The molecule has 1 saturated carbocycles. The Bertz CT molecular complexity index is 2430. The lowest BCUT2D eigenvalue weighted by Gasteiger charge is -2.29. The van der Waals surface area contributed by atoms with Gasteiger partial charge in [0.05, 0.1) is 0 Å². The predicted molar refractivity (Wildman–Crippen MR) is 292 cm³/mol. The molecule has 0 radical (unpaired) electrons. The van der Waals surface area contributed by atoms with Gasteiger partial charge in [0.15, 0.2) is 0 Å². The van der Waals surface area contributed by atoms with Gasteiger partial charge < -0.3 is 45.5 Å². The smallest absolute Gasteiger partial charge is 0.407 e. The predicted octanol–water partition coefficient (Wildman–Crippen LogP) is 9.48. The number of ether oxygens (including phenoxy) is 4. The number of urea groups is 1. The van der Waals surface area contributed by atoms with E-state index in [4.69, 9.17) is 18.9 Å². The van der Waals surface area contributed by atoms with Crippen molar-refractivity contribution >= 4 is 41.8 Å². The maximum Gasteiger partial charge on any atom is 0.407 e. The third kappa shape index (κ3) is 19.6. The van der Waals surface area contributed by atoms with Crippen molar-refractivity contribution in [3.8, 4) is 11.1 Å². The Morgan fingerprint density at radius 3 is 1.63 bits per heavy atom. The second-order valence-electron chi connectivity index (χ2n) is 24.3. The van der Waals surface area contributed by atoms with E-state index in [9.17, 15) is 33.6 Å². The number of carbonyl (C=O) groups is 7. The molecule has 5 amide bonds. The molecular formula is C60H85N5O11. The fraction of sp³-hybridized carbons (Fsp3) is 0.583. The summed E-state index contributed by atoms with van der Waals surface area (Å²) in [6.45, 7) is 22.6. The molecule has 16 heteroatoms. The Balaban J connectivity index is 1.14. The van der Waals surface area contributed by atoms with Crippen molar-refractivity contribution in [3.63, 3.8) is 0 Å². The largest absolute Gasteiger partial charge is 0.460 e. The number of hydrogen-bond acceptors (Lipinski definition) is 11. The lowest BCUT2D eigenvalue weighted by molar-refractivity contribution is -0.159. The number of nitrogens with one attached hydrogen (secondary N) is 5. The normalized spacial score (nSPS) is 16.8. The molecule has 76 heavy (non-hydrogen) atoms. The van der Waals surface area contributed by atoms with E-state index in [2.05, 4.69) is 71.6 Å². The van der Waals surface area contributed by atoms with Gasteiger partial charge in [0.1, 0.15) is 41.5 Å². The molecule has 2 aliphatic rings. The third-order valence-electron chi connectivity index (χ3n) is 13.3. The summed E-state index contributed by atoms with van der Waals surface area (Å²) in [6.07, 6.45) is 3.12. The molecule has 5 N–H and O–H groups in total. The number of fused-ring (bicyclic) bond motifs is 3. The third-order valence-corrected chi connectivity index (χ3v) is 13.3. The lowest BCUT2D eigenvalue weighted by atomic mass is 9.81. The summed E-state index contributed by atoms with van der Waals surface area (Å²) in [7, 11) is 0. The van der Waals surface area contributed by atoms with E-state index in [-0.39, 0.29) is 73.8 Å². The average molecular weight is 1050 g/mol. The number of benzene rings is 3. The van der Waals surface area contributed by atoms with Crippen LogP contribution >= 0.6 is 0 Å². The van der Waals surface area contributed by atoms with Gasteiger partial charge >= 0.3 is 30.0 Å². The molecule has 0 heterocycles. The minimum atomic E-state index is -1.23. The molecule has 3 aromatic rings. The quantitative estimate of drug-likeness (QED) is 0.0385. The van der Waals surface area contributed by atoms with E-state index in [0.717, 1.165) is 46.2 Å². The molecule has 2 aliphatic carbocycles. The van der Waals surface area contributed by atoms with Gasteiger partial charge in [-0.25, -0.2) is 19.2 Å². The molecule has 16 nitrogen and oxygen atoms in total. The lowest BCUT2D eigenvalue weighted by Crippen LogP contribution is -2.53. The number of hydrogen-bond donors (Lipinski definition) is 5. The van der Waals surface area contributed by atoms with Crippen molar-refractivity contribution in [3.05, 3.63) is 95.1 Å². The molecule has 3 aromatic carbocycles. The molecule has 3 atom stereocenters. The highest BCUT2D eigenvalue weighted by Crippen LogP contribution is 2.44. The average Bonchev–Trinajstić information content (AvgIpc) is 3.64. The summed E-state index contributed by atoms with van der Waals surface area (Å²) in [5, 5.41) is 14.2. The van der Waals surface area contributed by atoms with Crippen LogP contribution in [0.4, 0.5) is 9.59 Å². The van der Waals surface area contributed by atoms with Crippen molar-refractivity contribution < 1.29 is 52.5 Å². The van der Waals surface area contributed by atoms with Gasteiger partial charge in [0, 0.05) is 37.8 Å². The van der Waals surface area contributed by atoms with Crippen molar-refractivity contribution in [2.24, 2.45) is 11.8 Å². The van der Waals surface area contributed by atoms with E-state index in [1.54, 1.807) is 62.3 Å². The summed E-state index contributed by atoms with van der Waals surface area (Å²) in [5.74, 6) is -2.70. The number of alkyl carbamates (subject to hydrolysis) is 1. The minimum absolute atomic E-state index is 0.0327. The maximum atomic E-state index is 14.0. The van der Waals surface area contributed by atoms with Gasteiger partial charge in [-0.3, -0.25) is 14.4 Å². The molecular weight excluding hydrogens is 967 g/mol. The van der Waals surface area contributed by atoms with E-state index in [1.165, 1.54) is 0 Å². The van der Waals surface area contributed by atoms with Gasteiger partial charge in [0.2, 0.25) is 11.8 Å². The summed E-state index contributed by atoms with van der Waals surface area (Å²) in [4.78, 5) is 93.5. The number of amides is 5. The van der Waals surface area contributed by atoms with E-state index in [1.807, 2.05) is 48.5 Å². The number of esters is 3. The standard InChI is InChI=1S/C60H85N5O11/c1-57(2,3)41-30-26-38(27-31-41)35-49(63-51(67)40-28-24-39(25-29-40)36-62-56(72)73-37-46-44-21-15-13-19-42(44)43-20-14-16-22-45(43)46)52(68)61-34-18-17-23-47(53(69)75-59(7,8)9)64-55(71)65-48(54(70)76-60(10,11)12)32-33-50(66)74-58(4,5)6/h13-16,19-22,26-27,30-31,39-40,46-49H,17-18,23-25,28-29,32-37H2,1-12H3,(H,61,68)(H,62,72)(H,63,67)(H2,64,65,71)/t39?,40?,47-,48-,49-/m0/s1. The second-order valence-corrected chi connectivity index (χ2v) is 24.3. The molecule has 416 valence electrons. The monoisotopic (exact) mass is 1050 g/mol. The zero-order valence-corrected chi connectivity index (χ0v) is 47.1. The summed E-state index contributed by atoms with van der Waals surface area (Å²) in [6, 6.07) is 20.4. The van der Waals surface area contributed by atoms with Crippen molar-refractivity contribution in [2.75, 3.05) is 19.7 Å². The molecule has 5 rings (SSSR count). The maximum absolute atomic E-state index is 14.0. The van der Waals surface area contributed by atoms with Gasteiger partial charge in [-0.15, -0.1) is 0 Å². The SMILES string of the molecule is CC(C)(C)OC(=O)CC[C@H](NC(=O)N[C@@H](CCCCNC(=O)[C@H](Cc1ccc(C(C)(C)C)cc1)NC(=O)C1CCC(CNC(=O)OCC2c3ccccc3-c3ccccc32)CC1)C(=O)OC(C)(C)C)C(=O)OC(C)(C)C. The van der Waals surface area contributed by atoms with Crippen LogP contribution in [-0.2, 0) is 54.8 Å². The van der Waals surface area contributed by atoms with Crippen LogP contribution in [0.25, 0.3) is 11.1 Å². The number of rotatable bonds is 21. The first-order chi connectivity index (χ1) is 35.5. The highest BCUT2D eigenvalue weighted by Gasteiger charge is 2.34. The molecule has 0 spiro atoms. The van der Waals surface area contributed by atoms with Gasteiger partial charge in [-0.1, -0.05) is 93.6 Å². The van der Waals surface area contributed by atoms with Gasteiger partial charge in [-0.05, 0) is 158 Å². The van der Waals surface area contributed by atoms with Crippen LogP contribution < -0.4 is 26.6 Å². The molecule has 0 bridgehead atoms. The van der Waals surface area contributed by atoms with Gasteiger partial charge in [-0.2, -0.15) is 0 Å². The van der Waals surface area contributed by atoms with E-state index in [0.29, 0.717) is 32.2 Å². The highest BCUT2D eigenvalue weighted by atomic mass is 16.6. The van der Waals surface area contributed by atoms with Crippen LogP contribution in [0.15, 0.2) is 72.8 Å². The molecule has 0 aliphatic heterocycles.